The average Bonchev–Trinajstić information content (AvgIpc) is 2.20. The fourth-order valence-electron chi connectivity index (χ4n) is 2.01. The van der Waals surface area contributed by atoms with Crippen molar-refractivity contribution in [3.8, 4) is 0 Å². The molecule has 1 rings (SSSR count). The molecule has 3 heteroatoms. The Balaban J connectivity index is 2.54. The maximum absolute atomic E-state index is 4.42. The van der Waals surface area contributed by atoms with Crippen LogP contribution in [-0.2, 0) is 0 Å². The number of aliphatic imine (C=N–C) groups is 1. The van der Waals surface area contributed by atoms with Gasteiger partial charge in [0.05, 0.1) is 22.9 Å². The van der Waals surface area contributed by atoms with E-state index < -0.39 is 0 Å². The summed E-state index contributed by atoms with van der Waals surface area (Å²) in [6.07, 6.45) is 6.87. The monoisotopic (exact) mass is 294 g/mol. The summed E-state index contributed by atoms with van der Waals surface area (Å²) < 4.78 is 2.26. The fraction of sp³-hybridized carbons (Fsp3) is 0.900. The molecule has 1 saturated carbocycles. The summed E-state index contributed by atoms with van der Waals surface area (Å²) in [5, 5.41) is 0. The summed E-state index contributed by atoms with van der Waals surface area (Å²) in [5.74, 6) is 2.04. The Morgan fingerprint density at radius 1 is 1.38 bits per heavy atom. The maximum Gasteiger partial charge on any atom is 0.110 e. The first-order chi connectivity index (χ1) is 6.29. The number of nitrogens with zero attached hydrogens (tertiary/aromatic N) is 2. The van der Waals surface area contributed by atoms with Crippen molar-refractivity contribution in [3.05, 3.63) is 0 Å². The molecule has 0 heterocycles. The summed E-state index contributed by atoms with van der Waals surface area (Å²) in [4.78, 5) is 4.42. The van der Waals surface area contributed by atoms with E-state index in [1.54, 1.807) is 0 Å². The van der Waals surface area contributed by atoms with Gasteiger partial charge in [-0.05, 0) is 19.8 Å². The third kappa shape index (κ3) is 3.11. The van der Waals surface area contributed by atoms with Gasteiger partial charge in [-0.1, -0.05) is 19.3 Å². The molecule has 0 amide bonds. The standard InChI is InChI=1S/C10H19IN2/c1-3-13(11)10(12-2)9-7-5-4-6-8-9/h9H,3-8H2,1-2H3/b12-10-. The van der Waals surface area contributed by atoms with Gasteiger partial charge >= 0.3 is 0 Å². The molecule has 0 aliphatic heterocycles. The number of hydrogen-bond donors (Lipinski definition) is 0. The second-order valence-corrected chi connectivity index (χ2v) is 4.76. The van der Waals surface area contributed by atoms with Gasteiger partial charge in [0.2, 0.25) is 0 Å². The van der Waals surface area contributed by atoms with Crippen LogP contribution in [0.5, 0.6) is 0 Å². The normalized spacial score (nSPS) is 20.4. The Morgan fingerprint density at radius 3 is 2.46 bits per heavy atom. The fourth-order valence-corrected chi connectivity index (χ4v) is 2.62. The van der Waals surface area contributed by atoms with Crippen molar-refractivity contribution in [2.75, 3.05) is 13.6 Å². The van der Waals surface area contributed by atoms with E-state index in [2.05, 4.69) is 37.9 Å². The van der Waals surface area contributed by atoms with E-state index in [0.29, 0.717) is 0 Å². The van der Waals surface area contributed by atoms with Gasteiger partial charge in [0, 0.05) is 19.5 Å². The van der Waals surface area contributed by atoms with Crippen molar-refractivity contribution < 1.29 is 0 Å². The van der Waals surface area contributed by atoms with Gasteiger partial charge in [-0.25, -0.2) is 0 Å². The van der Waals surface area contributed by atoms with Crippen LogP contribution >= 0.6 is 22.9 Å². The minimum atomic E-state index is 0.732. The van der Waals surface area contributed by atoms with Crippen LogP contribution in [0.2, 0.25) is 0 Å². The highest BCUT2D eigenvalue weighted by Crippen LogP contribution is 2.27. The molecule has 0 aromatic carbocycles. The van der Waals surface area contributed by atoms with Crippen LogP contribution in [0.4, 0.5) is 0 Å². The zero-order chi connectivity index (χ0) is 9.68. The highest BCUT2D eigenvalue weighted by atomic mass is 127. The molecular formula is C10H19IN2. The summed E-state index contributed by atoms with van der Waals surface area (Å²) in [7, 11) is 1.92. The lowest BCUT2D eigenvalue weighted by Crippen LogP contribution is -2.30. The molecule has 2 nitrogen and oxygen atoms in total. The van der Waals surface area contributed by atoms with Crippen molar-refractivity contribution in [2.24, 2.45) is 10.9 Å². The van der Waals surface area contributed by atoms with Gasteiger partial charge in [-0.3, -0.25) is 4.99 Å². The van der Waals surface area contributed by atoms with Gasteiger partial charge < -0.3 is 3.11 Å². The maximum atomic E-state index is 4.42. The van der Waals surface area contributed by atoms with E-state index in [-0.39, 0.29) is 0 Å². The summed E-state index contributed by atoms with van der Waals surface area (Å²) in [6.45, 7) is 3.24. The Morgan fingerprint density at radius 2 is 2.00 bits per heavy atom. The Bertz CT molecular complexity index is 174. The van der Waals surface area contributed by atoms with E-state index in [0.717, 1.165) is 12.5 Å². The van der Waals surface area contributed by atoms with E-state index in [9.17, 15) is 0 Å². The molecule has 1 fully saturated rings. The highest BCUT2D eigenvalue weighted by molar-refractivity contribution is 14.1. The largest absolute Gasteiger partial charge is 0.303 e. The molecule has 0 N–H and O–H groups in total. The third-order valence-corrected chi connectivity index (χ3v) is 3.90. The minimum Gasteiger partial charge on any atom is -0.303 e. The lowest BCUT2D eigenvalue weighted by Gasteiger charge is -2.27. The minimum absolute atomic E-state index is 0.732. The zero-order valence-electron chi connectivity index (χ0n) is 8.59. The molecular weight excluding hydrogens is 275 g/mol. The van der Waals surface area contributed by atoms with Crippen molar-refractivity contribution in [1.29, 1.82) is 0 Å². The highest BCUT2D eigenvalue weighted by Gasteiger charge is 2.21. The van der Waals surface area contributed by atoms with Gasteiger partial charge in [-0.2, -0.15) is 0 Å². The van der Waals surface area contributed by atoms with Crippen LogP contribution in [0.3, 0.4) is 0 Å². The number of amidine groups is 1. The summed E-state index contributed by atoms with van der Waals surface area (Å²) in [5.41, 5.74) is 0. The molecule has 0 radical (unpaired) electrons. The Kier molecular flexibility index (Phi) is 5.06. The van der Waals surface area contributed by atoms with Crippen LogP contribution in [0.15, 0.2) is 4.99 Å². The summed E-state index contributed by atoms with van der Waals surface area (Å²) >= 11 is 2.37. The van der Waals surface area contributed by atoms with Crippen LogP contribution in [0.1, 0.15) is 39.0 Å². The first-order valence-corrected chi connectivity index (χ1v) is 6.16. The second kappa shape index (κ2) is 5.83. The van der Waals surface area contributed by atoms with E-state index in [4.69, 9.17) is 0 Å². The molecule has 0 bridgehead atoms. The van der Waals surface area contributed by atoms with Crippen molar-refractivity contribution in [3.63, 3.8) is 0 Å². The molecule has 0 spiro atoms. The van der Waals surface area contributed by atoms with E-state index in [1.165, 1.54) is 37.9 Å². The van der Waals surface area contributed by atoms with Gasteiger partial charge in [-0.15, -0.1) is 0 Å². The number of halogens is 1. The molecule has 1 aliphatic carbocycles. The van der Waals surface area contributed by atoms with Gasteiger partial charge in [0.25, 0.3) is 0 Å². The average molecular weight is 294 g/mol. The predicted octanol–water partition coefficient (Wildman–Crippen LogP) is 3.27. The molecule has 0 aromatic rings. The van der Waals surface area contributed by atoms with Crippen LogP contribution in [0.25, 0.3) is 0 Å². The van der Waals surface area contributed by atoms with Crippen LogP contribution < -0.4 is 0 Å². The molecule has 0 saturated heterocycles. The molecule has 0 aromatic heterocycles. The Labute approximate surface area is 95.3 Å². The Hall–Kier alpha value is 0.200. The quantitative estimate of drug-likeness (QED) is 0.330. The molecule has 0 atom stereocenters. The van der Waals surface area contributed by atoms with Crippen LogP contribution in [0, 0.1) is 5.92 Å². The smallest absolute Gasteiger partial charge is 0.110 e. The van der Waals surface area contributed by atoms with Crippen molar-refractivity contribution in [2.45, 2.75) is 39.0 Å². The molecule has 13 heavy (non-hydrogen) atoms. The molecule has 76 valence electrons. The lowest BCUT2D eigenvalue weighted by molar-refractivity contribution is 0.422. The summed E-state index contributed by atoms with van der Waals surface area (Å²) in [6, 6.07) is 0. The van der Waals surface area contributed by atoms with E-state index >= 15 is 0 Å². The second-order valence-electron chi connectivity index (χ2n) is 3.60. The van der Waals surface area contributed by atoms with Crippen LogP contribution in [-0.4, -0.2) is 22.5 Å². The first-order valence-electron chi connectivity index (χ1n) is 5.19. The first kappa shape index (κ1) is 11.3. The van der Waals surface area contributed by atoms with Crippen molar-refractivity contribution >= 4 is 28.7 Å². The van der Waals surface area contributed by atoms with Gasteiger partial charge in [0.1, 0.15) is 5.84 Å². The molecule has 1 aliphatic rings. The number of hydrogen-bond acceptors (Lipinski definition) is 1. The predicted molar refractivity (Wildman–Crippen MR) is 66.3 cm³/mol. The third-order valence-electron chi connectivity index (χ3n) is 2.73. The molecule has 0 unspecified atom stereocenters. The zero-order valence-corrected chi connectivity index (χ0v) is 10.7. The van der Waals surface area contributed by atoms with Gasteiger partial charge in [0.15, 0.2) is 0 Å². The SMILES string of the molecule is CCN(I)/C(=N\C)C1CCCCC1. The van der Waals surface area contributed by atoms with Crippen molar-refractivity contribution in [1.82, 2.24) is 3.11 Å². The topological polar surface area (TPSA) is 15.6 Å². The number of rotatable bonds is 2. The lowest BCUT2D eigenvalue weighted by atomic mass is 9.88. The van der Waals surface area contributed by atoms with E-state index in [1.807, 2.05) is 7.05 Å².